The molecule has 0 aliphatic heterocycles. The predicted molar refractivity (Wildman–Crippen MR) is 27.3 cm³/mol. The van der Waals surface area contributed by atoms with Crippen LogP contribution in [0.1, 0.15) is 19.3 Å². The first-order chi connectivity index (χ1) is 3.43. The summed E-state index contributed by atoms with van der Waals surface area (Å²) >= 11 is 0. The minimum absolute atomic E-state index is 0.278. The van der Waals surface area contributed by atoms with E-state index in [-0.39, 0.29) is 5.92 Å². The third-order valence-electron chi connectivity index (χ3n) is 1.34. The van der Waals surface area contributed by atoms with E-state index < -0.39 is 0 Å². The fourth-order valence-electron chi connectivity index (χ4n) is 0.892. The predicted octanol–water partition coefficient (Wildman–Crippen LogP) is 1.51. The summed E-state index contributed by atoms with van der Waals surface area (Å²) in [5, 5.41) is 8.28. The van der Waals surface area contributed by atoms with Crippen molar-refractivity contribution in [3.63, 3.8) is 0 Å². The van der Waals surface area contributed by atoms with Gasteiger partial charge in [-0.05, 0) is 19.3 Å². The summed E-state index contributed by atoms with van der Waals surface area (Å²) in [6.07, 6.45) is 5.56. The van der Waals surface area contributed by atoms with E-state index in [2.05, 4.69) is 12.5 Å². The van der Waals surface area contributed by atoms with Crippen molar-refractivity contribution >= 4 is 0 Å². The van der Waals surface area contributed by atoms with Crippen molar-refractivity contribution in [1.82, 2.24) is 0 Å². The van der Waals surface area contributed by atoms with Crippen molar-refractivity contribution in [2.24, 2.45) is 5.92 Å². The molecule has 37 valence electrons. The quantitative estimate of drug-likeness (QED) is 0.446. The van der Waals surface area contributed by atoms with Crippen molar-refractivity contribution in [2.75, 3.05) is 0 Å². The molecular formula is C6H8N. The molecule has 0 aromatic heterocycles. The Morgan fingerprint density at radius 3 is 2.86 bits per heavy atom. The molecule has 1 aliphatic rings. The van der Waals surface area contributed by atoms with Crippen LogP contribution < -0.4 is 0 Å². The Hall–Kier alpha value is -0.510. The van der Waals surface area contributed by atoms with E-state index in [0.29, 0.717) is 0 Å². The van der Waals surface area contributed by atoms with Crippen LogP contribution in [0.4, 0.5) is 0 Å². The average Bonchev–Trinajstić information content (AvgIpc) is 2.14. The fourth-order valence-corrected chi connectivity index (χ4v) is 0.892. The lowest BCUT2D eigenvalue weighted by atomic mass is 10.1. The smallest absolute Gasteiger partial charge is 0.0658 e. The average molecular weight is 94.1 g/mol. The molecule has 0 saturated heterocycles. The zero-order valence-electron chi connectivity index (χ0n) is 4.22. The normalized spacial score (nSPS) is 22.1. The molecule has 0 aromatic carbocycles. The monoisotopic (exact) mass is 94.1 g/mol. The molecule has 1 atom stereocenters. The summed E-state index contributed by atoms with van der Waals surface area (Å²) in [5.74, 6) is 0.278. The molecule has 1 heteroatoms. The first-order valence-corrected chi connectivity index (χ1v) is 2.66. The van der Waals surface area contributed by atoms with Gasteiger partial charge in [0.05, 0.1) is 6.07 Å². The molecular weight excluding hydrogens is 86.1 g/mol. The van der Waals surface area contributed by atoms with Crippen molar-refractivity contribution in [1.29, 1.82) is 5.26 Å². The van der Waals surface area contributed by atoms with Crippen LogP contribution in [0.25, 0.3) is 0 Å². The first kappa shape index (κ1) is 4.64. The Morgan fingerprint density at radius 1 is 1.71 bits per heavy atom. The molecule has 0 N–H and O–H groups in total. The lowest BCUT2D eigenvalue weighted by Crippen LogP contribution is -1.84. The lowest BCUT2D eigenvalue weighted by molar-refractivity contribution is 0.776. The summed E-state index contributed by atoms with van der Waals surface area (Å²) < 4.78 is 0. The molecule has 0 bridgehead atoms. The Bertz CT molecular complexity index is 84.8. The molecule has 1 nitrogen and oxygen atoms in total. The molecule has 0 aromatic rings. The van der Waals surface area contributed by atoms with Gasteiger partial charge in [0.25, 0.3) is 0 Å². The Morgan fingerprint density at radius 2 is 2.57 bits per heavy atom. The van der Waals surface area contributed by atoms with Gasteiger partial charge in [0.1, 0.15) is 0 Å². The maximum Gasteiger partial charge on any atom is 0.0658 e. The molecule has 1 radical (unpaired) electrons. The SMILES string of the molecule is N#C[C@H]1[CH]CCC1. The van der Waals surface area contributed by atoms with Gasteiger partial charge in [-0.3, -0.25) is 0 Å². The van der Waals surface area contributed by atoms with E-state index in [0.717, 1.165) is 12.8 Å². The van der Waals surface area contributed by atoms with Gasteiger partial charge in [-0.15, -0.1) is 0 Å². The van der Waals surface area contributed by atoms with Gasteiger partial charge in [0.15, 0.2) is 0 Å². The van der Waals surface area contributed by atoms with Gasteiger partial charge in [-0.2, -0.15) is 5.26 Å². The zero-order valence-corrected chi connectivity index (χ0v) is 4.22. The van der Waals surface area contributed by atoms with Crippen molar-refractivity contribution in [3.8, 4) is 6.07 Å². The van der Waals surface area contributed by atoms with Crippen molar-refractivity contribution in [2.45, 2.75) is 19.3 Å². The van der Waals surface area contributed by atoms with Crippen LogP contribution in [0.5, 0.6) is 0 Å². The van der Waals surface area contributed by atoms with Crippen LogP contribution in [-0.4, -0.2) is 0 Å². The second-order valence-electron chi connectivity index (χ2n) is 1.90. The van der Waals surface area contributed by atoms with Gasteiger partial charge in [-0.1, -0.05) is 6.42 Å². The highest BCUT2D eigenvalue weighted by Gasteiger charge is 2.12. The Kier molecular flexibility index (Phi) is 1.31. The van der Waals surface area contributed by atoms with Crippen molar-refractivity contribution < 1.29 is 0 Å². The molecule has 0 heterocycles. The molecule has 7 heavy (non-hydrogen) atoms. The highest BCUT2D eigenvalue weighted by molar-refractivity contribution is 4.97. The minimum Gasteiger partial charge on any atom is -0.198 e. The first-order valence-electron chi connectivity index (χ1n) is 2.66. The van der Waals surface area contributed by atoms with Gasteiger partial charge >= 0.3 is 0 Å². The maximum absolute atomic E-state index is 8.28. The summed E-state index contributed by atoms with van der Waals surface area (Å²) in [6, 6.07) is 2.21. The summed E-state index contributed by atoms with van der Waals surface area (Å²) in [5.41, 5.74) is 0. The van der Waals surface area contributed by atoms with Crippen LogP contribution in [0, 0.1) is 23.7 Å². The second-order valence-corrected chi connectivity index (χ2v) is 1.90. The highest BCUT2D eigenvalue weighted by Crippen LogP contribution is 2.21. The van der Waals surface area contributed by atoms with E-state index in [1.54, 1.807) is 0 Å². The Labute approximate surface area is 44.0 Å². The van der Waals surface area contributed by atoms with Crippen LogP contribution in [0.15, 0.2) is 0 Å². The molecule has 0 unspecified atom stereocenters. The molecule has 1 aliphatic carbocycles. The number of rotatable bonds is 0. The van der Waals surface area contributed by atoms with Crippen molar-refractivity contribution in [3.05, 3.63) is 6.42 Å². The molecule has 1 rings (SSSR count). The van der Waals surface area contributed by atoms with Gasteiger partial charge in [-0.25, -0.2) is 0 Å². The summed E-state index contributed by atoms with van der Waals surface area (Å²) in [4.78, 5) is 0. The topological polar surface area (TPSA) is 23.8 Å². The minimum atomic E-state index is 0.278. The maximum atomic E-state index is 8.28. The van der Waals surface area contributed by atoms with Crippen LogP contribution in [-0.2, 0) is 0 Å². The van der Waals surface area contributed by atoms with E-state index in [9.17, 15) is 0 Å². The molecule has 1 saturated carbocycles. The zero-order chi connectivity index (χ0) is 5.11. The van der Waals surface area contributed by atoms with Gasteiger partial charge in [0, 0.05) is 5.92 Å². The number of hydrogen-bond donors (Lipinski definition) is 0. The van der Waals surface area contributed by atoms with Crippen LogP contribution in [0.2, 0.25) is 0 Å². The number of hydrogen-bond acceptors (Lipinski definition) is 1. The third kappa shape index (κ3) is 0.928. The van der Waals surface area contributed by atoms with Crippen LogP contribution in [0.3, 0.4) is 0 Å². The second kappa shape index (κ2) is 1.97. The van der Waals surface area contributed by atoms with Gasteiger partial charge < -0.3 is 0 Å². The molecule has 0 amide bonds. The number of nitrogens with zero attached hydrogens (tertiary/aromatic N) is 1. The highest BCUT2D eigenvalue weighted by atomic mass is 14.3. The lowest BCUT2D eigenvalue weighted by Gasteiger charge is -1.87. The summed E-state index contributed by atoms with van der Waals surface area (Å²) in [7, 11) is 0. The Balaban J connectivity index is 2.31. The van der Waals surface area contributed by atoms with Gasteiger partial charge in [0.2, 0.25) is 0 Å². The standard InChI is InChI=1S/C6H8N/c7-5-6-3-1-2-4-6/h3,6H,1-2,4H2/t6-/m0/s1. The largest absolute Gasteiger partial charge is 0.198 e. The third-order valence-corrected chi connectivity index (χ3v) is 1.34. The van der Waals surface area contributed by atoms with E-state index in [1.807, 2.05) is 0 Å². The summed E-state index contributed by atoms with van der Waals surface area (Å²) in [6.45, 7) is 0. The van der Waals surface area contributed by atoms with E-state index in [4.69, 9.17) is 5.26 Å². The molecule has 1 fully saturated rings. The molecule has 0 spiro atoms. The number of nitriles is 1. The van der Waals surface area contributed by atoms with Crippen LogP contribution >= 0.6 is 0 Å². The fraction of sp³-hybridized carbons (Fsp3) is 0.667. The van der Waals surface area contributed by atoms with E-state index in [1.165, 1.54) is 6.42 Å². The van der Waals surface area contributed by atoms with E-state index >= 15 is 0 Å².